The minimum Gasteiger partial charge on any atom is -0.394 e. The Morgan fingerprint density at radius 3 is 2.69 bits per heavy atom. The average Bonchev–Trinajstić information content (AvgIpc) is 2.02. The van der Waals surface area contributed by atoms with Crippen LogP contribution in [-0.2, 0) is 4.79 Å². The molecule has 2 N–H and O–H groups in total. The Labute approximate surface area is 75.1 Å². The van der Waals surface area contributed by atoms with Crippen LogP contribution in [0.1, 0.15) is 19.8 Å². The third-order valence-electron chi connectivity index (χ3n) is 2.26. The van der Waals surface area contributed by atoms with Gasteiger partial charge in [0, 0.05) is 12.5 Å². The van der Waals surface area contributed by atoms with E-state index in [0.29, 0.717) is 0 Å². The van der Waals surface area contributed by atoms with Gasteiger partial charge in [-0.2, -0.15) is 0 Å². The lowest BCUT2D eigenvalue weighted by atomic mass is 9.80. The summed E-state index contributed by atoms with van der Waals surface area (Å²) < 4.78 is 25.4. The van der Waals surface area contributed by atoms with Gasteiger partial charge in [0.25, 0.3) is 5.92 Å². The predicted octanol–water partition coefficient (Wildman–Crippen LogP) is 0.529. The molecule has 3 nitrogen and oxygen atoms in total. The van der Waals surface area contributed by atoms with Gasteiger partial charge in [0.15, 0.2) is 0 Å². The summed E-state index contributed by atoms with van der Waals surface area (Å²) in [5.74, 6) is -4.70. The van der Waals surface area contributed by atoms with Crippen molar-refractivity contribution in [2.45, 2.75) is 31.7 Å². The van der Waals surface area contributed by atoms with E-state index in [0.717, 1.165) is 0 Å². The van der Waals surface area contributed by atoms with Crippen molar-refractivity contribution < 1.29 is 18.7 Å². The van der Waals surface area contributed by atoms with Crippen molar-refractivity contribution in [3.05, 3.63) is 0 Å². The molecule has 13 heavy (non-hydrogen) atoms. The number of hydrogen-bond acceptors (Lipinski definition) is 2. The lowest BCUT2D eigenvalue weighted by Gasteiger charge is -2.35. The molecule has 0 aliphatic heterocycles. The van der Waals surface area contributed by atoms with Crippen molar-refractivity contribution in [1.29, 1.82) is 0 Å². The monoisotopic (exact) mass is 193 g/mol. The molecule has 2 atom stereocenters. The number of carbonyl (C=O) groups excluding carboxylic acids is 1. The van der Waals surface area contributed by atoms with Gasteiger partial charge < -0.3 is 10.4 Å². The Bertz CT molecular complexity index is 208. The molecule has 1 amide bonds. The third-order valence-corrected chi connectivity index (χ3v) is 2.26. The van der Waals surface area contributed by atoms with E-state index in [1.54, 1.807) is 6.92 Å². The third kappa shape index (κ3) is 2.15. The molecule has 0 aromatic carbocycles. The Hall–Kier alpha value is -0.710. The molecule has 1 aliphatic rings. The highest BCUT2D eigenvalue weighted by atomic mass is 19.3. The van der Waals surface area contributed by atoms with Crippen molar-refractivity contribution in [1.82, 2.24) is 5.32 Å². The summed E-state index contributed by atoms with van der Waals surface area (Å²) in [7, 11) is 0. The highest BCUT2D eigenvalue weighted by Gasteiger charge is 2.52. The lowest BCUT2D eigenvalue weighted by molar-refractivity contribution is -0.163. The quantitative estimate of drug-likeness (QED) is 0.686. The minimum atomic E-state index is -2.85. The van der Waals surface area contributed by atoms with Gasteiger partial charge >= 0.3 is 0 Å². The highest BCUT2D eigenvalue weighted by molar-refractivity contribution is 5.80. The number of rotatable bonds is 3. The SMILES string of the molecule is C[C@@H](CO)NC(=O)C1CCC1(F)F. The number of alkyl halides is 2. The fraction of sp³-hybridized carbons (Fsp3) is 0.875. The largest absolute Gasteiger partial charge is 0.394 e. The van der Waals surface area contributed by atoms with E-state index in [1.807, 2.05) is 0 Å². The molecular weight excluding hydrogens is 180 g/mol. The van der Waals surface area contributed by atoms with Gasteiger partial charge in [-0.3, -0.25) is 4.79 Å². The van der Waals surface area contributed by atoms with Crippen LogP contribution in [0, 0.1) is 5.92 Å². The Morgan fingerprint density at radius 2 is 2.38 bits per heavy atom. The van der Waals surface area contributed by atoms with E-state index in [9.17, 15) is 13.6 Å². The zero-order chi connectivity index (χ0) is 10.1. The normalized spacial score (nSPS) is 27.5. The van der Waals surface area contributed by atoms with Crippen LogP contribution in [-0.4, -0.2) is 29.6 Å². The zero-order valence-corrected chi connectivity index (χ0v) is 7.39. The van der Waals surface area contributed by atoms with Crippen molar-refractivity contribution in [2.75, 3.05) is 6.61 Å². The second-order valence-electron chi connectivity index (χ2n) is 3.44. The number of aliphatic hydroxyl groups is 1. The van der Waals surface area contributed by atoms with Crippen LogP contribution in [0.2, 0.25) is 0 Å². The molecule has 76 valence electrons. The molecule has 1 rings (SSSR count). The molecule has 0 bridgehead atoms. The maximum atomic E-state index is 12.7. The van der Waals surface area contributed by atoms with Crippen molar-refractivity contribution in [3.63, 3.8) is 0 Å². The molecule has 1 fully saturated rings. The number of hydrogen-bond donors (Lipinski definition) is 2. The first-order valence-corrected chi connectivity index (χ1v) is 4.26. The molecule has 5 heteroatoms. The second-order valence-corrected chi connectivity index (χ2v) is 3.44. The summed E-state index contributed by atoms with van der Waals surface area (Å²) in [5.41, 5.74) is 0. The topological polar surface area (TPSA) is 49.3 Å². The van der Waals surface area contributed by atoms with Crippen molar-refractivity contribution in [2.24, 2.45) is 5.92 Å². The maximum absolute atomic E-state index is 12.7. The van der Waals surface area contributed by atoms with Crippen LogP contribution in [0.3, 0.4) is 0 Å². The minimum absolute atomic E-state index is 0.210. The van der Waals surface area contributed by atoms with Crippen molar-refractivity contribution >= 4 is 5.91 Å². The zero-order valence-electron chi connectivity index (χ0n) is 7.39. The van der Waals surface area contributed by atoms with E-state index < -0.39 is 23.8 Å². The molecule has 1 aliphatic carbocycles. The fourth-order valence-electron chi connectivity index (χ4n) is 1.22. The molecule has 0 radical (unpaired) electrons. The van der Waals surface area contributed by atoms with Crippen molar-refractivity contribution in [3.8, 4) is 0 Å². The smallest absolute Gasteiger partial charge is 0.259 e. The van der Waals surface area contributed by atoms with E-state index in [4.69, 9.17) is 5.11 Å². The van der Waals surface area contributed by atoms with Gasteiger partial charge in [-0.05, 0) is 13.3 Å². The Balaban J connectivity index is 2.41. The predicted molar refractivity (Wildman–Crippen MR) is 42.4 cm³/mol. The van der Waals surface area contributed by atoms with Crippen LogP contribution >= 0.6 is 0 Å². The fourth-order valence-corrected chi connectivity index (χ4v) is 1.22. The molecule has 0 aromatic heterocycles. The van der Waals surface area contributed by atoms with Gasteiger partial charge in [-0.1, -0.05) is 0 Å². The van der Waals surface area contributed by atoms with Crippen LogP contribution < -0.4 is 5.32 Å². The maximum Gasteiger partial charge on any atom is 0.259 e. The molecule has 1 saturated carbocycles. The summed E-state index contributed by atoms with van der Waals surface area (Å²) in [6.07, 6.45) is 0.0234. The lowest BCUT2D eigenvalue weighted by Crippen LogP contribution is -2.51. The standard InChI is InChI=1S/C8H13F2NO2/c1-5(4-12)11-7(13)6-2-3-8(6,9)10/h5-6,12H,2-4H2,1H3,(H,11,13)/t5-,6?/m0/s1. The first-order chi connectivity index (χ1) is 5.97. The van der Waals surface area contributed by atoms with E-state index in [-0.39, 0.29) is 19.4 Å². The number of nitrogens with one attached hydrogen (secondary N) is 1. The summed E-state index contributed by atoms with van der Waals surface area (Å²) in [5, 5.41) is 10.9. The van der Waals surface area contributed by atoms with Crippen LogP contribution in [0.15, 0.2) is 0 Å². The number of carbonyl (C=O) groups is 1. The summed E-state index contributed by atoms with van der Waals surface area (Å²) >= 11 is 0. The summed E-state index contributed by atoms with van der Waals surface area (Å²) in [4.78, 5) is 11.1. The molecule has 0 saturated heterocycles. The van der Waals surface area contributed by atoms with Gasteiger partial charge in [0.05, 0.1) is 6.61 Å². The number of amides is 1. The molecular formula is C8H13F2NO2. The second kappa shape index (κ2) is 3.57. The van der Waals surface area contributed by atoms with Crippen LogP contribution in [0.25, 0.3) is 0 Å². The van der Waals surface area contributed by atoms with E-state index >= 15 is 0 Å². The van der Waals surface area contributed by atoms with Gasteiger partial charge in [-0.25, -0.2) is 8.78 Å². The van der Waals surface area contributed by atoms with Crippen LogP contribution in [0.5, 0.6) is 0 Å². The first kappa shape index (κ1) is 10.4. The molecule has 0 spiro atoms. The van der Waals surface area contributed by atoms with E-state index in [2.05, 4.69) is 5.32 Å². The van der Waals surface area contributed by atoms with Gasteiger partial charge in [0.2, 0.25) is 5.91 Å². The van der Waals surface area contributed by atoms with Crippen LogP contribution in [0.4, 0.5) is 8.78 Å². The molecule has 1 unspecified atom stereocenters. The number of halogens is 2. The Morgan fingerprint density at radius 1 is 1.77 bits per heavy atom. The average molecular weight is 193 g/mol. The first-order valence-electron chi connectivity index (χ1n) is 4.26. The molecule has 0 aromatic rings. The summed E-state index contributed by atoms with van der Waals surface area (Å²) in [6, 6.07) is -0.455. The Kier molecular flexibility index (Phi) is 2.85. The number of aliphatic hydroxyl groups excluding tert-OH is 1. The highest BCUT2D eigenvalue weighted by Crippen LogP contribution is 2.43. The van der Waals surface area contributed by atoms with Gasteiger partial charge in [0.1, 0.15) is 5.92 Å². The summed E-state index contributed by atoms with van der Waals surface area (Å²) in [6.45, 7) is 1.33. The molecule has 0 heterocycles. The van der Waals surface area contributed by atoms with Gasteiger partial charge in [-0.15, -0.1) is 0 Å². The van der Waals surface area contributed by atoms with E-state index in [1.165, 1.54) is 0 Å².